The van der Waals surface area contributed by atoms with Crippen molar-refractivity contribution < 1.29 is 0 Å². The lowest BCUT2D eigenvalue weighted by Crippen LogP contribution is -1.95. The van der Waals surface area contributed by atoms with Gasteiger partial charge in [-0.3, -0.25) is 4.98 Å². The molecule has 0 radical (unpaired) electrons. The predicted octanol–water partition coefficient (Wildman–Crippen LogP) is 4.60. The fraction of sp³-hybridized carbons (Fsp3) is 0.0833. The number of halogens is 3. The van der Waals surface area contributed by atoms with Crippen LogP contribution >= 0.6 is 34.8 Å². The highest BCUT2D eigenvalue weighted by atomic mass is 35.5. The van der Waals surface area contributed by atoms with Crippen molar-refractivity contribution in [3.63, 3.8) is 0 Å². The summed E-state index contributed by atoms with van der Waals surface area (Å²) in [5.41, 5.74) is 8.59. The third-order valence-electron chi connectivity index (χ3n) is 2.33. The van der Waals surface area contributed by atoms with Gasteiger partial charge in [0.25, 0.3) is 0 Å². The SMILES string of the molecule is Cc1ccc(N)c(-c2cc(Cl)c(Cl)cc2Cl)n1. The molecule has 0 bridgehead atoms. The molecule has 1 aromatic heterocycles. The van der Waals surface area contributed by atoms with Crippen LogP contribution in [0.4, 0.5) is 5.69 Å². The van der Waals surface area contributed by atoms with Crippen molar-refractivity contribution >= 4 is 40.5 Å². The zero-order valence-electron chi connectivity index (χ0n) is 8.97. The predicted molar refractivity (Wildman–Crippen MR) is 73.9 cm³/mol. The van der Waals surface area contributed by atoms with Crippen molar-refractivity contribution in [1.82, 2.24) is 4.98 Å². The van der Waals surface area contributed by atoms with E-state index in [2.05, 4.69) is 4.98 Å². The van der Waals surface area contributed by atoms with Gasteiger partial charge in [0.15, 0.2) is 0 Å². The molecule has 2 N–H and O–H groups in total. The van der Waals surface area contributed by atoms with Gasteiger partial charge in [-0.1, -0.05) is 34.8 Å². The molecule has 0 unspecified atom stereocenters. The summed E-state index contributed by atoms with van der Waals surface area (Å²) in [6, 6.07) is 6.88. The number of hydrogen-bond acceptors (Lipinski definition) is 2. The Bertz CT molecular complexity index is 582. The van der Waals surface area contributed by atoms with E-state index in [-0.39, 0.29) is 0 Å². The molecule has 0 aliphatic heterocycles. The number of hydrogen-bond donors (Lipinski definition) is 1. The molecule has 2 nitrogen and oxygen atoms in total. The average molecular weight is 288 g/mol. The topological polar surface area (TPSA) is 38.9 Å². The highest BCUT2D eigenvalue weighted by molar-refractivity contribution is 6.44. The van der Waals surface area contributed by atoms with Gasteiger partial charge in [0.1, 0.15) is 0 Å². The Balaban J connectivity index is 2.68. The minimum Gasteiger partial charge on any atom is -0.397 e. The molecular formula is C12H9Cl3N2. The summed E-state index contributed by atoms with van der Waals surface area (Å²) in [6.07, 6.45) is 0. The van der Waals surface area contributed by atoms with E-state index in [0.29, 0.717) is 32.0 Å². The van der Waals surface area contributed by atoms with Crippen LogP contribution < -0.4 is 5.73 Å². The molecule has 0 spiro atoms. The summed E-state index contributed by atoms with van der Waals surface area (Å²) in [5, 5.41) is 1.31. The van der Waals surface area contributed by atoms with Gasteiger partial charge in [-0.2, -0.15) is 0 Å². The van der Waals surface area contributed by atoms with E-state index >= 15 is 0 Å². The van der Waals surface area contributed by atoms with E-state index in [1.807, 2.05) is 13.0 Å². The quantitative estimate of drug-likeness (QED) is 0.779. The van der Waals surface area contributed by atoms with Crippen molar-refractivity contribution in [1.29, 1.82) is 0 Å². The number of pyridine rings is 1. The summed E-state index contributed by atoms with van der Waals surface area (Å²) >= 11 is 18.0. The first-order valence-corrected chi connectivity index (χ1v) is 6.00. The summed E-state index contributed by atoms with van der Waals surface area (Å²) in [5.74, 6) is 0. The molecule has 0 fully saturated rings. The Morgan fingerprint density at radius 1 is 1.00 bits per heavy atom. The Kier molecular flexibility index (Phi) is 3.48. The van der Waals surface area contributed by atoms with Crippen LogP contribution in [0.15, 0.2) is 24.3 Å². The lowest BCUT2D eigenvalue weighted by Gasteiger charge is -2.09. The summed E-state index contributed by atoms with van der Waals surface area (Å²) in [4.78, 5) is 4.36. The fourth-order valence-corrected chi connectivity index (χ4v) is 2.12. The maximum atomic E-state index is 6.12. The van der Waals surface area contributed by atoms with Crippen LogP contribution in [-0.4, -0.2) is 4.98 Å². The summed E-state index contributed by atoms with van der Waals surface area (Å²) < 4.78 is 0. The Morgan fingerprint density at radius 2 is 1.65 bits per heavy atom. The number of aryl methyl sites for hydroxylation is 1. The van der Waals surface area contributed by atoms with Crippen molar-refractivity contribution in [2.45, 2.75) is 6.92 Å². The number of aromatic nitrogens is 1. The number of anilines is 1. The van der Waals surface area contributed by atoms with Crippen LogP contribution in [0, 0.1) is 6.92 Å². The minimum absolute atomic E-state index is 0.409. The minimum atomic E-state index is 0.409. The van der Waals surface area contributed by atoms with E-state index in [0.717, 1.165) is 5.69 Å². The molecule has 0 atom stereocenters. The third-order valence-corrected chi connectivity index (χ3v) is 3.37. The smallest absolute Gasteiger partial charge is 0.0949 e. The third kappa shape index (κ3) is 2.49. The number of nitrogens with two attached hydrogens (primary N) is 1. The molecule has 0 aliphatic rings. The summed E-state index contributed by atoms with van der Waals surface area (Å²) in [6.45, 7) is 1.88. The second-order valence-corrected chi connectivity index (χ2v) is 4.86. The van der Waals surface area contributed by atoms with Gasteiger partial charge < -0.3 is 5.73 Å². The van der Waals surface area contributed by atoms with Gasteiger partial charge in [-0.05, 0) is 31.2 Å². The van der Waals surface area contributed by atoms with Gasteiger partial charge in [-0.15, -0.1) is 0 Å². The molecule has 17 heavy (non-hydrogen) atoms. The first-order chi connectivity index (χ1) is 7.99. The van der Waals surface area contributed by atoms with E-state index in [1.54, 1.807) is 18.2 Å². The monoisotopic (exact) mass is 286 g/mol. The van der Waals surface area contributed by atoms with Gasteiger partial charge in [0.05, 0.1) is 26.4 Å². The van der Waals surface area contributed by atoms with Gasteiger partial charge in [-0.25, -0.2) is 0 Å². The van der Waals surface area contributed by atoms with Gasteiger partial charge in [0.2, 0.25) is 0 Å². The Hall–Kier alpha value is -0.960. The number of nitrogen functional groups attached to an aromatic ring is 1. The van der Waals surface area contributed by atoms with Crippen LogP contribution in [0.2, 0.25) is 15.1 Å². The molecular weight excluding hydrogens is 279 g/mol. The van der Waals surface area contributed by atoms with Crippen LogP contribution in [0.5, 0.6) is 0 Å². The van der Waals surface area contributed by atoms with Crippen LogP contribution in [0.1, 0.15) is 5.69 Å². The highest BCUT2D eigenvalue weighted by Gasteiger charge is 2.12. The van der Waals surface area contributed by atoms with Crippen molar-refractivity contribution in [3.05, 3.63) is 45.0 Å². The average Bonchev–Trinajstić information content (AvgIpc) is 2.27. The first-order valence-electron chi connectivity index (χ1n) is 4.87. The van der Waals surface area contributed by atoms with Crippen LogP contribution in [-0.2, 0) is 0 Å². The second kappa shape index (κ2) is 4.73. The summed E-state index contributed by atoms with van der Waals surface area (Å²) in [7, 11) is 0. The molecule has 0 aliphatic carbocycles. The Labute approximate surface area is 114 Å². The number of benzene rings is 1. The number of rotatable bonds is 1. The van der Waals surface area contributed by atoms with Gasteiger partial charge >= 0.3 is 0 Å². The molecule has 0 saturated heterocycles. The van der Waals surface area contributed by atoms with E-state index in [9.17, 15) is 0 Å². The van der Waals surface area contributed by atoms with Crippen LogP contribution in [0.3, 0.4) is 0 Å². The lowest BCUT2D eigenvalue weighted by molar-refractivity contribution is 1.21. The van der Waals surface area contributed by atoms with Crippen molar-refractivity contribution in [3.8, 4) is 11.3 Å². The normalized spacial score (nSPS) is 10.6. The molecule has 1 aromatic carbocycles. The van der Waals surface area contributed by atoms with Crippen molar-refractivity contribution in [2.75, 3.05) is 5.73 Å². The maximum absolute atomic E-state index is 6.12. The Morgan fingerprint density at radius 3 is 2.35 bits per heavy atom. The maximum Gasteiger partial charge on any atom is 0.0949 e. The molecule has 0 saturated carbocycles. The van der Waals surface area contributed by atoms with Crippen molar-refractivity contribution in [2.24, 2.45) is 0 Å². The zero-order valence-corrected chi connectivity index (χ0v) is 11.2. The zero-order chi connectivity index (χ0) is 12.6. The van der Waals surface area contributed by atoms with E-state index in [4.69, 9.17) is 40.5 Å². The largest absolute Gasteiger partial charge is 0.397 e. The van der Waals surface area contributed by atoms with Gasteiger partial charge in [0, 0.05) is 11.3 Å². The number of nitrogens with zero attached hydrogens (tertiary/aromatic N) is 1. The van der Waals surface area contributed by atoms with E-state index in [1.165, 1.54) is 0 Å². The second-order valence-electron chi connectivity index (χ2n) is 3.64. The van der Waals surface area contributed by atoms with Crippen LogP contribution in [0.25, 0.3) is 11.3 Å². The molecule has 0 amide bonds. The molecule has 1 heterocycles. The first kappa shape index (κ1) is 12.5. The standard InChI is InChI=1S/C12H9Cl3N2/c1-6-2-3-11(16)12(17-6)7-4-9(14)10(15)5-8(7)13/h2-5H,16H2,1H3. The van der Waals surface area contributed by atoms with E-state index < -0.39 is 0 Å². The lowest BCUT2D eigenvalue weighted by atomic mass is 10.1. The molecule has 5 heteroatoms. The highest BCUT2D eigenvalue weighted by Crippen LogP contribution is 2.36. The molecule has 2 aromatic rings. The molecule has 2 rings (SSSR count). The fourth-order valence-electron chi connectivity index (χ4n) is 1.49. The molecule has 88 valence electrons.